The van der Waals surface area contributed by atoms with E-state index in [1.807, 2.05) is 10.9 Å². The Hall–Kier alpha value is -0.360. The third-order valence-electron chi connectivity index (χ3n) is 2.61. The van der Waals surface area contributed by atoms with Gasteiger partial charge in [-0.15, -0.1) is 11.3 Å². The maximum Gasteiger partial charge on any atom is 0.101 e. The van der Waals surface area contributed by atoms with Gasteiger partial charge in [-0.1, -0.05) is 18.5 Å². The molecule has 2 aromatic heterocycles. The van der Waals surface area contributed by atoms with E-state index in [4.69, 9.17) is 17.3 Å². The van der Waals surface area contributed by atoms with Crippen LogP contribution in [0.25, 0.3) is 0 Å². The van der Waals surface area contributed by atoms with Crippen LogP contribution in [0.2, 0.25) is 5.02 Å². The number of thiophene rings is 1. The fraction of sp³-hybridized carbons (Fsp3) is 0.364. The van der Waals surface area contributed by atoms with Gasteiger partial charge in [0.2, 0.25) is 0 Å². The molecule has 0 aromatic carbocycles. The lowest BCUT2D eigenvalue weighted by Crippen LogP contribution is -2.32. The zero-order valence-electron chi connectivity index (χ0n) is 9.31. The Bertz CT molecular complexity index is 456. The molecule has 3 nitrogen and oxygen atoms in total. The summed E-state index contributed by atoms with van der Waals surface area (Å²) in [5.41, 5.74) is 6.19. The molecule has 2 N–H and O–H groups in total. The van der Waals surface area contributed by atoms with Gasteiger partial charge in [-0.25, -0.2) is 0 Å². The lowest BCUT2D eigenvalue weighted by atomic mass is 10.1. The molecule has 0 radical (unpaired) electrons. The van der Waals surface area contributed by atoms with Crippen LogP contribution in [0.5, 0.6) is 0 Å². The lowest BCUT2D eigenvalue weighted by molar-refractivity contribution is 0.429. The Morgan fingerprint density at radius 3 is 2.88 bits per heavy atom. The minimum atomic E-state index is 0.0246. The summed E-state index contributed by atoms with van der Waals surface area (Å²) in [5.74, 6) is 0. The first-order valence-corrected chi connectivity index (χ1v) is 7.36. The van der Waals surface area contributed by atoms with Crippen LogP contribution in [0.15, 0.2) is 28.3 Å². The van der Waals surface area contributed by atoms with Gasteiger partial charge >= 0.3 is 0 Å². The highest BCUT2D eigenvalue weighted by Crippen LogP contribution is 2.31. The van der Waals surface area contributed by atoms with Crippen molar-refractivity contribution in [2.24, 2.45) is 5.73 Å². The highest BCUT2D eigenvalue weighted by atomic mass is 79.9. The third-order valence-corrected chi connectivity index (χ3v) is 4.57. The summed E-state index contributed by atoms with van der Waals surface area (Å²) in [6, 6.07) is 2.15. The number of aromatic nitrogens is 2. The number of halogens is 2. The van der Waals surface area contributed by atoms with Crippen molar-refractivity contribution in [2.45, 2.75) is 25.4 Å². The first-order chi connectivity index (χ1) is 8.11. The smallest absolute Gasteiger partial charge is 0.101 e. The molecule has 0 amide bonds. The van der Waals surface area contributed by atoms with Gasteiger partial charge in [0.05, 0.1) is 11.2 Å². The molecule has 2 atom stereocenters. The number of nitrogens with zero attached hydrogens (tertiary/aromatic N) is 2. The molecule has 6 heteroatoms. The second-order valence-electron chi connectivity index (χ2n) is 3.82. The molecule has 0 aliphatic rings. The van der Waals surface area contributed by atoms with Crippen molar-refractivity contribution in [3.05, 3.63) is 38.2 Å². The van der Waals surface area contributed by atoms with Gasteiger partial charge in [-0.3, -0.25) is 4.68 Å². The molecule has 0 bridgehead atoms. The maximum atomic E-state index is 6.19. The molecular weight excluding hydrogens is 322 g/mol. The number of hydrogen-bond acceptors (Lipinski definition) is 3. The second-order valence-corrected chi connectivity index (χ2v) is 6.12. The fourth-order valence-electron chi connectivity index (χ4n) is 1.71. The van der Waals surface area contributed by atoms with E-state index in [1.165, 1.54) is 4.88 Å². The van der Waals surface area contributed by atoms with Crippen molar-refractivity contribution in [2.75, 3.05) is 0 Å². The summed E-state index contributed by atoms with van der Waals surface area (Å²) in [5, 5.41) is 6.95. The minimum Gasteiger partial charge on any atom is -0.326 e. The average Bonchev–Trinajstić information content (AvgIpc) is 2.89. The van der Waals surface area contributed by atoms with E-state index in [9.17, 15) is 0 Å². The summed E-state index contributed by atoms with van der Waals surface area (Å²) in [7, 11) is 0. The van der Waals surface area contributed by atoms with E-state index >= 15 is 0 Å². The molecule has 0 aliphatic carbocycles. The number of hydrogen-bond donors (Lipinski definition) is 1. The van der Waals surface area contributed by atoms with Gasteiger partial charge in [0.25, 0.3) is 0 Å². The largest absolute Gasteiger partial charge is 0.326 e. The van der Waals surface area contributed by atoms with Gasteiger partial charge in [0.15, 0.2) is 0 Å². The van der Waals surface area contributed by atoms with E-state index in [2.05, 4.69) is 39.4 Å². The van der Waals surface area contributed by atoms with Crippen molar-refractivity contribution in [3.63, 3.8) is 0 Å². The van der Waals surface area contributed by atoms with Gasteiger partial charge in [0.1, 0.15) is 6.04 Å². The summed E-state index contributed by atoms with van der Waals surface area (Å²) >= 11 is 11.1. The monoisotopic (exact) mass is 333 g/mol. The normalized spacial score (nSPS) is 14.8. The average molecular weight is 335 g/mol. The van der Waals surface area contributed by atoms with E-state index in [0.717, 1.165) is 10.9 Å². The fourth-order valence-corrected chi connectivity index (χ4v) is 3.47. The topological polar surface area (TPSA) is 43.8 Å². The molecule has 92 valence electrons. The van der Waals surface area contributed by atoms with Gasteiger partial charge in [0, 0.05) is 27.0 Å². The summed E-state index contributed by atoms with van der Waals surface area (Å²) in [6.45, 7) is 2.07. The molecule has 2 heterocycles. The predicted molar refractivity (Wildman–Crippen MR) is 75.7 cm³/mol. The van der Waals surface area contributed by atoms with Gasteiger partial charge in [-0.2, -0.15) is 5.10 Å². The molecule has 0 aliphatic heterocycles. The molecular formula is C11H13BrClN3S. The van der Waals surface area contributed by atoms with Crippen LogP contribution in [-0.2, 0) is 0 Å². The quantitative estimate of drug-likeness (QED) is 0.926. The van der Waals surface area contributed by atoms with E-state index in [1.54, 1.807) is 17.5 Å². The van der Waals surface area contributed by atoms with Crippen LogP contribution in [0.4, 0.5) is 0 Å². The minimum absolute atomic E-state index is 0.0246. The number of nitrogens with two attached hydrogens (primary N) is 1. The zero-order chi connectivity index (χ0) is 12.4. The third kappa shape index (κ3) is 2.91. The Labute approximate surface area is 118 Å². The molecule has 2 aromatic rings. The van der Waals surface area contributed by atoms with Crippen molar-refractivity contribution in [1.29, 1.82) is 0 Å². The van der Waals surface area contributed by atoms with Crippen molar-refractivity contribution in [1.82, 2.24) is 9.78 Å². The first-order valence-electron chi connectivity index (χ1n) is 5.31. The van der Waals surface area contributed by atoms with Crippen molar-refractivity contribution >= 4 is 38.9 Å². The van der Waals surface area contributed by atoms with Crippen LogP contribution in [0.1, 0.15) is 24.3 Å². The summed E-state index contributed by atoms with van der Waals surface area (Å²) < 4.78 is 2.92. The molecule has 0 fully saturated rings. The summed E-state index contributed by atoms with van der Waals surface area (Å²) in [6.07, 6.45) is 4.34. The zero-order valence-corrected chi connectivity index (χ0v) is 12.5. The molecule has 0 saturated heterocycles. The molecule has 0 spiro atoms. The lowest BCUT2D eigenvalue weighted by Gasteiger charge is -2.22. The van der Waals surface area contributed by atoms with E-state index < -0.39 is 0 Å². The second kappa shape index (κ2) is 5.52. The number of rotatable bonds is 4. The predicted octanol–water partition coefficient (Wildman–Crippen LogP) is 3.69. The Morgan fingerprint density at radius 2 is 2.41 bits per heavy atom. The molecule has 2 rings (SSSR count). The van der Waals surface area contributed by atoms with E-state index in [0.29, 0.717) is 5.02 Å². The maximum absolute atomic E-state index is 6.19. The van der Waals surface area contributed by atoms with Crippen LogP contribution in [0, 0.1) is 0 Å². The molecule has 2 unspecified atom stereocenters. The molecule has 17 heavy (non-hydrogen) atoms. The van der Waals surface area contributed by atoms with E-state index in [-0.39, 0.29) is 12.1 Å². The Morgan fingerprint density at radius 1 is 1.65 bits per heavy atom. The Balaban J connectivity index is 2.38. The van der Waals surface area contributed by atoms with Crippen LogP contribution < -0.4 is 5.73 Å². The van der Waals surface area contributed by atoms with Gasteiger partial charge < -0.3 is 5.73 Å². The SMILES string of the molecule is CCC(N)C(c1cc(Br)cs1)n1cc(Cl)cn1. The highest BCUT2D eigenvalue weighted by Gasteiger charge is 2.22. The summed E-state index contributed by atoms with van der Waals surface area (Å²) in [4.78, 5) is 1.19. The van der Waals surface area contributed by atoms with Crippen molar-refractivity contribution in [3.8, 4) is 0 Å². The van der Waals surface area contributed by atoms with Crippen molar-refractivity contribution < 1.29 is 0 Å². The molecule has 0 saturated carbocycles. The highest BCUT2D eigenvalue weighted by molar-refractivity contribution is 9.10. The first kappa shape index (κ1) is 13.1. The Kier molecular flexibility index (Phi) is 4.25. The van der Waals surface area contributed by atoms with Gasteiger partial charge in [-0.05, 0) is 28.4 Å². The van der Waals surface area contributed by atoms with Crippen LogP contribution >= 0.6 is 38.9 Å². The van der Waals surface area contributed by atoms with Crippen LogP contribution in [0.3, 0.4) is 0 Å². The van der Waals surface area contributed by atoms with Crippen LogP contribution in [-0.4, -0.2) is 15.8 Å². The standard InChI is InChI=1S/C11H13BrClN3S/c1-2-9(14)11(10-3-7(12)6-17-10)16-5-8(13)4-15-16/h3-6,9,11H,2,14H2,1H3.